The van der Waals surface area contributed by atoms with E-state index in [1.54, 1.807) is 22.7 Å². The molecule has 0 saturated carbocycles. The van der Waals surface area contributed by atoms with Gasteiger partial charge in [-0.25, -0.2) is 0 Å². The average Bonchev–Trinajstić information content (AvgIpc) is 2.88. The van der Waals surface area contributed by atoms with Gasteiger partial charge in [0.1, 0.15) is 0 Å². The first kappa shape index (κ1) is 14.2. The minimum Gasteiger partial charge on any atom is -0.275 e. The fourth-order valence-corrected chi connectivity index (χ4v) is 3.32. The highest BCUT2D eigenvalue weighted by Gasteiger charge is 2.11. The minimum absolute atomic E-state index is 0.458. The van der Waals surface area contributed by atoms with Gasteiger partial charge < -0.3 is 0 Å². The third-order valence-electron chi connectivity index (χ3n) is 2.89. The van der Waals surface area contributed by atoms with E-state index in [4.69, 9.17) is 28.5 Å². The van der Waals surface area contributed by atoms with E-state index in [0.29, 0.717) is 32.2 Å². The molecule has 0 fully saturated rings. The maximum atomic E-state index is 9.09. The zero-order valence-corrected chi connectivity index (χ0v) is 13.0. The summed E-state index contributed by atoms with van der Waals surface area (Å²) in [6.45, 7) is 0. The molecular weight excluding hydrogens is 327 g/mol. The van der Waals surface area contributed by atoms with Gasteiger partial charge in [0.15, 0.2) is 10.8 Å². The predicted molar refractivity (Wildman–Crippen MR) is 83.7 cm³/mol. The van der Waals surface area contributed by atoms with Crippen LogP contribution in [0.2, 0.25) is 10.0 Å². The lowest BCUT2D eigenvalue weighted by molar-refractivity contribution is 0.921. The second kappa shape index (κ2) is 5.94. The van der Waals surface area contributed by atoms with Crippen LogP contribution in [0.25, 0.3) is 5.65 Å². The number of rotatable bonds is 3. The van der Waals surface area contributed by atoms with Gasteiger partial charge in [0.25, 0.3) is 0 Å². The predicted octanol–water partition coefficient (Wildman–Crippen LogP) is 4.20. The van der Waals surface area contributed by atoms with Gasteiger partial charge in [0.2, 0.25) is 0 Å². The molecule has 21 heavy (non-hydrogen) atoms. The molecule has 0 spiro atoms. The molecule has 4 nitrogen and oxygen atoms in total. The molecular formula is C14H8Cl2N4S. The Morgan fingerprint density at radius 1 is 1.24 bits per heavy atom. The van der Waals surface area contributed by atoms with Gasteiger partial charge in [-0.1, -0.05) is 53.2 Å². The lowest BCUT2D eigenvalue weighted by atomic mass is 10.1. The number of nitriles is 1. The molecule has 0 N–H and O–H groups in total. The first-order chi connectivity index (χ1) is 10.2. The number of hydrogen-bond donors (Lipinski definition) is 0. The number of hydrogen-bond acceptors (Lipinski definition) is 4. The third-order valence-corrected chi connectivity index (χ3v) is 4.37. The SMILES string of the molecule is N#Cc1ccccc1CSc1nnc2c(Cl)cc(Cl)cn12. The Balaban J connectivity index is 1.91. The normalized spacial score (nSPS) is 10.7. The van der Waals surface area contributed by atoms with Crippen LogP contribution in [0.3, 0.4) is 0 Å². The number of pyridine rings is 1. The van der Waals surface area contributed by atoms with Crippen LogP contribution in [0.4, 0.5) is 0 Å². The van der Waals surface area contributed by atoms with E-state index in [0.717, 1.165) is 5.56 Å². The van der Waals surface area contributed by atoms with Crippen LogP contribution in [-0.2, 0) is 5.75 Å². The molecule has 3 rings (SSSR count). The number of aromatic nitrogens is 3. The Morgan fingerprint density at radius 2 is 2.05 bits per heavy atom. The molecule has 2 heterocycles. The fraction of sp³-hybridized carbons (Fsp3) is 0.0714. The van der Waals surface area contributed by atoms with E-state index in [-0.39, 0.29) is 0 Å². The summed E-state index contributed by atoms with van der Waals surface area (Å²) in [5.74, 6) is 0.620. The lowest BCUT2D eigenvalue weighted by Crippen LogP contribution is -1.91. The largest absolute Gasteiger partial charge is 0.275 e. The summed E-state index contributed by atoms with van der Waals surface area (Å²) in [5.41, 5.74) is 2.18. The molecule has 0 aliphatic heterocycles. The van der Waals surface area contributed by atoms with E-state index in [9.17, 15) is 0 Å². The molecule has 0 amide bonds. The summed E-state index contributed by atoms with van der Waals surface area (Å²) >= 11 is 13.6. The standard InChI is InChI=1S/C14H8Cl2N4S/c15-11-5-12(16)13-18-19-14(20(13)7-11)21-8-10-4-2-1-3-9(10)6-17/h1-5,7H,8H2. The van der Waals surface area contributed by atoms with E-state index >= 15 is 0 Å². The summed E-state index contributed by atoms with van der Waals surface area (Å²) in [6, 6.07) is 11.3. The molecule has 0 unspecified atom stereocenters. The quantitative estimate of drug-likeness (QED) is 0.673. The fourth-order valence-electron chi connectivity index (χ4n) is 1.90. The van der Waals surface area contributed by atoms with Crippen LogP contribution in [0.5, 0.6) is 0 Å². The van der Waals surface area contributed by atoms with E-state index < -0.39 is 0 Å². The second-order valence-electron chi connectivity index (χ2n) is 4.24. The summed E-state index contributed by atoms with van der Waals surface area (Å²) in [7, 11) is 0. The molecule has 0 atom stereocenters. The van der Waals surface area contributed by atoms with Crippen LogP contribution in [-0.4, -0.2) is 14.6 Å². The van der Waals surface area contributed by atoms with Gasteiger partial charge in [-0.3, -0.25) is 4.40 Å². The summed E-state index contributed by atoms with van der Waals surface area (Å²) in [4.78, 5) is 0. The number of nitrogens with zero attached hydrogens (tertiary/aromatic N) is 4. The van der Waals surface area contributed by atoms with Crippen molar-refractivity contribution in [3.05, 3.63) is 57.7 Å². The number of benzene rings is 1. The molecule has 2 aromatic heterocycles. The van der Waals surface area contributed by atoms with Crippen molar-refractivity contribution in [2.75, 3.05) is 0 Å². The average molecular weight is 335 g/mol. The highest BCUT2D eigenvalue weighted by Crippen LogP contribution is 2.27. The molecule has 7 heteroatoms. The van der Waals surface area contributed by atoms with Crippen LogP contribution >= 0.6 is 35.0 Å². The van der Waals surface area contributed by atoms with Gasteiger partial charge >= 0.3 is 0 Å². The van der Waals surface area contributed by atoms with Gasteiger partial charge in [-0.2, -0.15) is 5.26 Å². The van der Waals surface area contributed by atoms with Crippen molar-refractivity contribution in [1.82, 2.24) is 14.6 Å². The van der Waals surface area contributed by atoms with Crippen molar-refractivity contribution in [2.24, 2.45) is 0 Å². The summed E-state index contributed by atoms with van der Waals surface area (Å²) < 4.78 is 1.75. The Labute approximate surface area is 135 Å². The number of thioether (sulfide) groups is 1. The van der Waals surface area contributed by atoms with Crippen molar-refractivity contribution >= 4 is 40.6 Å². The van der Waals surface area contributed by atoms with Crippen molar-refractivity contribution < 1.29 is 0 Å². The maximum absolute atomic E-state index is 9.09. The molecule has 0 saturated heterocycles. The summed E-state index contributed by atoms with van der Waals surface area (Å²) in [5, 5.41) is 18.9. The van der Waals surface area contributed by atoms with E-state index in [2.05, 4.69) is 16.3 Å². The third kappa shape index (κ3) is 2.84. The van der Waals surface area contributed by atoms with Crippen LogP contribution in [0, 0.1) is 11.3 Å². The molecule has 3 aromatic rings. The van der Waals surface area contributed by atoms with Crippen LogP contribution < -0.4 is 0 Å². The first-order valence-corrected chi connectivity index (χ1v) is 7.74. The minimum atomic E-state index is 0.458. The zero-order valence-electron chi connectivity index (χ0n) is 10.6. The van der Waals surface area contributed by atoms with Gasteiger partial charge in [0.05, 0.1) is 21.7 Å². The number of fused-ring (bicyclic) bond motifs is 1. The number of halogens is 2. The van der Waals surface area contributed by atoms with Crippen molar-refractivity contribution in [3.63, 3.8) is 0 Å². The molecule has 104 valence electrons. The van der Waals surface area contributed by atoms with Gasteiger partial charge in [-0.05, 0) is 17.7 Å². The highest BCUT2D eigenvalue weighted by atomic mass is 35.5. The first-order valence-electron chi connectivity index (χ1n) is 5.99. The Morgan fingerprint density at radius 3 is 2.86 bits per heavy atom. The Kier molecular flexibility index (Phi) is 4.02. The Bertz CT molecular complexity index is 854. The van der Waals surface area contributed by atoms with Gasteiger partial charge in [0, 0.05) is 11.9 Å². The summed E-state index contributed by atoms with van der Waals surface area (Å²) in [6.07, 6.45) is 1.72. The van der Waals surface area contributed by atoms with E-state index in [1.165, 1.54) is 11.8 Å². The smallest absolute Gasteiger partial charge is 0.196 e. The van der Waals surface area contributed by atoms with Crippen molar-refractivity contribution in [1.29, 1.82) is 5.26 Å². The zero-order chi connectivity index (χ0) is 14.8. The molecule has 0 aliphatic rings. The topological polar surface area (TPSA) is 54.0 Å². The monoisotopic (exact) mass is 334 g/mol. The molecule has 0 bridgehead atoms. The van der Waals surface area contributed by atoms with E-state index in [1.807, 2.05) is 18.2 Å². The van der Waals surface area contributed by atoms with Crippen LogP contribution in [0.15, 0.2) is 41.7 Å². The molecule has 1 aromatic carbocycles. The van der Waals surface area contributed by atoms with Crippen LogP contribution in [0.1, 0.15) is 11.1 Å². The highest BCUT2D eigenvalue weighted by molar-refractivity contribution is 7.98. The Hall–Kier alpha value is -1.74. The lowest BCUT2D eigenvalue weighted by Gasteiger charge is -2.03. The second-order valence-corrected chi connectivity index (χ2v) is 6.03. The van der Waals surface area contributed by atoms with Crippen molar-refractivity contribution in [2.45, 2.75) is 10.9 Å². The molecule has 0 radical (unpaired) electrons. The van der Waals surface area contributed by atoms with Gasteiger partial charge in [-0.15, -0.1) is 10.2 Å². The van der Waals surface area contributed by atoms with Crippen molar-refractivity contribution in [3.8, 4) is 6.07 Å². The maximum Gasteiger partial charge on any atom is 0.196 e. The molecule has 0 aliphatic carbocycles.